The Morgan fingerprint density at radius 1 is 1.28 bits per heavy atom. The molecule has 0 bridgehead atoms. The Morgan fingerprint density at radius 2 is 1.79 bits per heavy atom. The average molecular weight is 426 g/mol. The molecule has 8 nitrogen and oxygen atoms in total. The second-order valence-electron chi connectivity index (χ2n) is 6.91. The highest BCUT2D eigenvalue weighted by Crippen LogP contribution is 2.28. The van der Waals surface area contributed by atoms with Crippen LogP contribution in [0.25, 0.3) is 0 Å². The standard InChI is InChI=1S/C16H28N2O4.C2HF3O2/c1-5-7-11-8-12(16(21)22)18-13(11)14(17-10(4)19)15(20)9(3)6-2;3-2(4,5)1(6)7/h5,7,9,11-15,18,20H,6,8H2,1-4H3,(H,17,19)(H,21,22);(H,6,7)/b7-5-;/t9-,11-,12-,13-,14-,15+;/m1./s1. The van der Waals surface area contributed by atoms with Gasteiger partial charge in [-0.05, 0) is 25.2 Å². The van der Waals surface area contributed by atoms with Crippen molar-refractivity contribution in [3.63, 3.8) is 0 Å². The lowest BCUT2D eigenvalue weighted by Crippen LogP contribution is -2.58. The lowest BCUT2D eigenvalue weighted by Gasteiger charge is -2.34. The van der Waals surface area contributed by atoms with Crippen molar-refractivity contribution >= 4 is 17.8 Å². The second kappa shape index (κ2) is 11.8. The third kappa shape index (κ3) is 8.82. The minimum atomic E-state index is -5.08. The molecule has 5 N–H and O–H groups in total. The van der Waals surface area contributed by atoms with Gasteiger partial charge < -0.3 is 20.6 Å². The molecule has 1 heterocycles. The number of aliphatic carboxylic acids is 2. The second-order valence-corrected chi connectivity index (χ2v) is 6.91. The molecule has 1 aliphatic heterocycles. The van der Waals surface area contributed by atoms with Crippen LogP contribution in [0.15, 0.2) is 12.2 Å². The van der Waals surface area contributed by atoms with Gasteiger partial charge in [-0.3, -0.25) is 14.9 Å². The molecule has 1 rings (SSSR count). The van der Waals surface area contributed by atoms with Crippen LogP contribution >= 0.6 is 0 Å². The van der Waals surface area contributed by atoms with E-state index in [-0.39, 0.29) is 23.8 Å². The van der Waals surface area contributed by atoms with E-state index in [9.17, 15) is 33.0 Å². The maximum atomic E-state index is 11.5. The lowest BCUT2D eigenvalue weighted by atomic mass is 9.85. The van der Waals surface area contributed by atoms with Crippen molar-refractivity contribution < 1.29 is 42.9 Å². The van der Waals surface area contributed by atoms with Crippen LogP contribution in [-0.4, -0.2) is 63.6 Å². The van der Waals surface area contributed by atoms with Crippen molar-refractivity contribution in [2.75, 3.05) is 0 Å². The largest absolute Gasteiger partial charge is 0.490 e. The van der Waals surface area contributed by atoms with Crippen LogP contribution in [-0.2, 0) is 14.4 Å². The van der Waals surface area contributed by atoms with Crippen molar-refractivity contribution in [2.45, 2.75) is 70.9 Å². The quantitative estimate of drug-likeness (QED) is 0.390. The number of nitrogens with one attached hydrogen (secondary N) is 2. The van der Waals surface area contributed by atoms with E-state index in [4.69, 9.17) is 9.90 Å². The van der Waals surface area contributed by atoms with Gasteiger partial charge in [0.25, 0.3) is 0 Å². The maximum absolute atomic E-state index is 11.5. The van der Waals surface area contributed by atoms with Crippen molar-refractivity contribution in [3.05, 3.63) is 12.2 Å². The summed E-state index contributed by atoms with van der Waals surface area (Å²) < 4.78 is 31.7. The van der Waals surface area contributed by atoms with Gasteiger partial charge in [0.05, 0.1) is 12.1 Å². The van der Waals surface area contributed by atoms with Crippen LogP contribution in [0.2, 0.25) is 0 Å². The zero-order valence-electron chi connectivity index (χ0n) is 16.7. The smallest absolute Gasteiger partial charge is 0.480 e. The van der Waals surface area contributed by atoms with E-state index in [0.29, 0.717) is 6.42 Å². The van der Waals surface area contributed by atoms with Gasteiger partial charge in [-0.1, -0.05) is 32.4 Å². The van der Waals surface area contributed by atoms with E-state index in [1.54, 1.807) is 0 Å². The minimum absolute atomic E-state index is 0.00813. The minimum Gasteiger partial charge on any atom is -0.480 e. The molecule has 29 heavy (non-hydrogen) atoms. The molecular formula is C18H29F3N2O6. The van der Waals surface area contributed by atoms with Gasteiger partial charge in [-0.25, -0.2) is 4.79 Å². The number of halogens is 3. The van der Waals surface area contributed by atoms with Gasteiger partial charge in [0, 0.05) is 13.0 Å². The number of carboxylic acids is 2. The van der Waals surface area contributed by atoms with Crippen LogP contribution in [0.4, 0.5) is 13.2 Å². The molecule has 6 atom stereocenters. The van der Waals surface area contributed by atoms with Crippen LogP contribution in [0.3, 0.4) is 0 Å². The summed E-state index contributed by atoms with van der Waals surface area (Å²) in [4.78, 5) is 31.7. The Hall–Kier alpha value is -2.14. The monoisotopic (exact) mass is 426 g/mol. The first-order chi connectivity index (χ1) is 13.3. The molecule has 0 spiro atoms. The fraction of sp³-hybridized carbons (Fsp3) is 0.722. The SMILES string of the molecule is C/C=C\[C@@H]1C[C@H](C(=O)O)N[C@H]1[C@@H](NC(C)=O)[C@@H](O)[C@H](C)CC.O=C(O)C(F)(F)F. The van der Waals surface area contributed by atoms with Gasteiger partial charge in [0.1, 0.15) is 6.04 Å². The summed E-state index contributed by atoms with van der Waals surface area (Å²) >= 11 is 0. The molecule has 1 fully saturated rings. The third-order valence-corrected chi connectivity index (χ3v) is 4.69. The topological polar surface area (TPSA) is 136 Å². The Kier molecular flexibility index (Phi) is 10.9. The molecule has 11 heteroatoms. The Labute approximate surface area is 167 Å². The van der Waals surface area contributed by atoms with E-state index in [1.165, 1.54) is 6.92 Å². The van der Waals surface area contributed by atoms with Crippen LogP contribution < -0.4 is 10.6 Å². The molecule has 1 amide bonds. The van der Waals surface area contributed by atoms with Crippen LogP contribution in [0.1, 0.15) is 40.5 Å². The molecule has 0 saturated carbocycles. The highest BCUT2D eigenvalue weighted by molar-refractivity contribution is 5.75. The fourth-order valence-corrected chi connectivity index (χ4v) is 3.05. The number of hydrogen-bond acceptors (Lipinski definition) is 5. The molecule has 0 radical (unpaired) electrons. The molecule has 0 aliphatic carbocycles. The number of amides is 1. The Morgan fingerprint density at radius 3 is 2.14 bits per heavy atom. The van der Waals surface area contributed by atoms with E-state index < -0.39 is 36.3 Å². The number of carboxylic acid groups (broad SMARTS) is 2. The summed E-state index contributed by atoms with van der Waals surface area (Å²) in [5.41, 5.74) is 0. The molecule has 168 valence electrons. The number of aliphatic hydroxyl groups excluding tert-OH is 1. The van der Waals surface area contributed by atoms with E-state index >= 15 is 0 Å². The van der Waals surface area contributed by atoms with E-state index in [2.05, 4.69) is 10.6 Å². The van der Waals surface area contributed by atoms with E-state index in [1.807, 2.05) is 32.9 Å². The first kappa shape index (κ1) is 26.9. The molecule has 0 aromatic rings. The number of alkyl halides is 3. The molecule has 1 saturated heterocycles. The number of hydrogen-bond donors (Lipinski definition) is 5. The summed E-state index contributed by atoms with van der Waals surface area (Å²) in [6.07, 6.45) is -0.761. The van der Waals surface area contributed by atoms with Crippen molar-refractivity contribution in [2.24, 2.45) is 11.8 Å². The first-order valence-corrected chi connectivity index (χ1v) is 9.13. The van der Waals surface area contributed by atoms with Gasteiger partial charge in [0.2, 0.25) is 5.91 Å². The van der Waals surface area contributed by atoms with Crippen molar-refractivity contribution in [3.8, 4) is 0 Å². The number of carbonyl (C=O) groups is 3. The number of aliphatic hydroxyl groups is 1. The predicted molar refractivity (Wildman–Crippen MR) is 98.0 cm³/mol. The maximum Gasteiger partial charge on any atom is 0.490 e. The third-order valence-electron chi connectivity index (χ3n) is 4.69. The first-order valence-electron chi connectivity index (χ1n) is 9.13. The fourth-order valence-electron chi connectivity index (χ4n) is 3.05. The molecule has 0 unspecified atom stereocenters. The summed E-state index contributed by atoms with van der Waals surface area (Å²) in [7, 11) is 0. The Balaban J connectivity index is 0.000000956. The zero-order chi connectivity index (χ0) is 22.9. The number of carbonyl (C=O) groups excluding carboxylic acids is 1. The summed E-state index contributed by atoms with van der Waals surface area (Å²) in [6.45, 7) is 7.19. The molecule has 0 aromatic carbocycles. The van der Waals surface area contributed by atoms with Gasteiger partial charge in [-0.2, -0.15) is 13.2 Å². The molecule has 0 aromatic heterocycles. The summed E-state index contributed by atoms with van der Waals surface area (Å²) in [5, 5.41) is 32.8. The predicted octanol–water partition coefficient (Wildman–Crippen LogP) is 1.54. The highest BCUT2D eigenvalue weighted by atomic mass is 19.4. The Bertz CT molecular complexity index is 597. The average Bonchev–Trinajstić information content (AvgIpc) is 3.02. The summed E-state index contributed by atoms with van der Waals surface area (Å²) in [5.74, 6) is -3.92. The number of rotatable bonds is 7. The lowest BCUT2D eigenvalue weighted by molar-refractivity contribution is -0.192. The van der Waals surface area contributed by atoms with Gasteiger partial charge >= 0.3 is 18.1 Å². The summed E-state index contributed by atoms with van der Waals surface area (Å²) in [6, 6.07) is -1.48. The molecular weight excluding hydrogens is 397 g/mol. The zero-order valence-corrected chi connectivity index (χ0v) is 16.7. The van der Waals surface area contributed by atoms with Crippen LogP contribution in [0, 0.1) is 11.8 Å². The van der Waals surface area contributed by atoms with Crippen molar-refractivity contribution in [1.82, 2.24) is 10.6 Å². The normalized spacial score (nSPS) is 24.9. The van der Waals surface area contributed by atoms with Gasteiger partial charge in [0.15, 0.2) is 0 Å². The molecule has 1 aliphatic rings. The highest BCUT2D eigenvalue weighted by Gasteiger charge is 2.43. The van der Waals surface area contributed by atoms with Crippen LogP contribution in [0.5, 0.6) is 0 Å². The van der Waals surface area contributed by atoms with Gasteiger partial charge in [-0.15, -0.1) is 0 Å². The van der Waals surface area contributed by atoms with Crippen molar-refractivity contribution in [1.29, 1.82) is 0 Å². The van der Waals surface area contributed by atoms with E-state index in [0.717, 1.165) is 6.42 Å². The number of allylic oxidation sites excluding steroid dienone is 1.